The van der Waals surface area contributed by atoms with E-state index in [2.05, 4.69) is 26.1 Å². The first-order valence-electron chi connectivity index (χ1n) is 4.86. The standard InChI is InChI=1S/C10H21N/c1-9(2)10(3)6-4-5-7-11-8-10/h9,11H,4-8H2,1-3H3. The van der Waals surface area contributed by atoms with Crippen LogP contribution >= 0.6 is 0 Å². The zero-order valence-corrected chi connectivity index (χ0v) is 8.11. The summed E-state index contributed by atoms with van der Waals surface area (Å²) in [5, 5.41) is 3.52. The van der Waals surface area contributed by atoms with Crippen molar-refractivity contribution in [1.82, 2.24) is 5.32 Å². The predicted molar refractivity (Wildman–Crippen MR) is 49.7 cm³/mol. The van der Waals surface area contributed by atoms with Gasteiger partial charge in [0.25, 0.3) is 0 Å². The maximum absolute atomic E-state index is 3.52. The molecule has 1 fully saturated rings. The second kappa shape index (κ2) is 3.57. The molecule has 66 valence electrons. The summed E-state index contributed by atoms with van der Waals surface area (Å²) in [7, 11) is 0. The van der Waals surface area contributed by atoms with Gasteiger partial charge in [0.1, 0.15) is 0 Å². The fraction of sp³-hybridized carbons (Fsp3) is 1.00. The molecule has 0 aromatic rings. The first-order valence-corrected chi connectivity index (χ1v) is 4.86. The van der Waals surface area contributed by atoms with Crippen LogP contribution in [0.25, 0.3) is 0 Å². The van der Waals surface area contributed by atoms with Gasteiger partial charge < -0.3 is 5.32 Å². The number of rotatable bonds is 1. The molecule has 0 spiro atoms. The van der Waals surface area contributed by atoms with Gasteiger partial charge in [-0.25, -0.2) is 0 Å². The monoisotopic (exact) mass is 155 g/mol. The van der Waals surface area contributed by atoms with Crippen LogP contribution in [0.4, 0.5) is 0 Å². The third kappa shape index (κ3) is 2.19. The van der Waals surface area contributed by atoms with Crippen LogP contribution in [0, 0.1) is 11.3 Å². The van der Waals surface area contributed by atoms with Gasteiger partial charge in [0, 0.05) is 6.54 Å². The fourth-order valence-corrected chi connectivity index (χ4v) is 1.73. The van der Waals surface area contributed by atoms with Gasteiger partial charge in [-0.05, 0) is 30.7 Å². The summed E-state index contributed by atoms with van der Waals surface area (Å²) < 4.78 is 0. The first kappa shape index (κ1) is 9.05. The lowest BCUT2D eigenvalue weighted by atomic mass is 9.76. The average molecular weight is 155 g/mol. The van der Waals surface area contributed by atoms with Crippen LogP contribution < -0.4 is 5.32 Å². The zero-order chi connectivity index (χ0) is 8.32. The second-order valence-corrected chi connectivity index (χ2v) is 4.44. The van der Waals surface area contributed by atoms with Crippen molar-refractivity contribution < 1.29 is 0 Å². The summed E-state index contributed by atoms with van der Waals surface area (Å²) in [6.45, 7) is 9.53. The van der Waals surface area contributed by atoms with E-state index in [0.29, 0.717) is 5.41 Å². The molecule has 1 aliphatic heterocycles. The van der Waals surface area contributed by atoms with E-state index in [1.807, 2.05) is 0 Å². The summed E-state index contributed by atoms with van der Waals surface area (Å²) in [6.07, 6.45) is 4.17. The van der Waals surface area contributed by atoms with E-state index in [1.54, 1.807) is 0 Å². The lowest BCUT2D eigenvalue weighted by Gasteiger charge is -2.32. The van der Waals surface area contributed by atoms with Crippen molar-refractivity contribution in [3.05, 3.63) is 0 Å². The van der Waals surface area contributed by atoms with E-state index in [9.17, 15) is 0 Å². The first-order chi connectivity index (χ1) is 5.15. The third-order valence-electron chi connectivity index (χ3n) is 3.27. The van der Waals surface area contributed by atoms with Gasteiger partial charge in [-0.2, -0.15) is 0 Å². The van der Waals surface area contributed by atoms with Crippen molar-refractivity contribution in [1.29, 1.82) is 0 Å². The summed E-state index contributed by atoms with van der Waals surface area (Å²) in [5.74, 6) is 0.813. The molecule has 0 bridgehead atoms. The van der Waals surface area contributed by atoms with E-state index in [1.165, 1.54) is 32.4 Å². The van der Waals surface area contributed by atoms with Gasteiger partial charge >= 0.3 is 0 Å². The summed E-state index contributed by atoms with van der Waals surface area (Å²) in [4.78, 5) is 0. The molecule has 11 heavy (non-hydrogen) atoms. The molecule has 0 aromatic heterocycles. The van der Waals surface area contributed by atoms with Gasteiger partial charge in [-0.3, -0.25) is 0 Å². The Labute approximate surface area is 70.6 Å². The molecule has 1 N–H and O–H groups in total. The van der Waals surface area contributed by atoms with Crippen LogP contribution in [0.5, 0.6) is 0 Å². The lowest BCUT2D eigenvalue weighted by molar-refractivity contribution is 0.202. The Hall–Kier alpha value is -0.0400. The minimum absolute atomic E-state index is 0.552. The molecule has 1 rings (SSSR count). The third-order valence-corrected chi connectivity index (χ3v) is 3.27. The van der Waals surface area contributed by atoms with Gasteiger partial charge in [0.2, 0.25) is 0 Å². The van der Waals surface area contributed by atoms with Crippen LogP contribution in [0.2, 0.25) is 0 Å². The number of hydrogen-bond donors (Lipinski definition) is 1. The summed E-state index contributed by atoms with van der Waals surface area (Å²) >= 11 is 0. The predicted octanol–water partition coefficient (Wildman–Crippen LogP) is 2.42. The fourth-order valence-electron chi connectivity index (χ4n) is 1.73. The van der Waals surface area contributed by atoms with Crippen LogP contribution in [0.3, 0.4) is 0 Å². The molecule has 1 unspecified atom stereocenters. The van der Waals surface area contributed by atoms with Crippen molar-refractivity contribution >= 4 is 0 Å². The molecule has 0 radical (unpaired) electrons. The van der Waals surface area contributed by atoms with E-state index in [-0.39, 0.29) is 0 Å². The highest BCUT2D eigenvalue weighted by Gasteiger charge is 2.28. The smallest absolute Gasteiger partial charge is 0.000761 e. The summed E-state index contributed by atoms with van der Waals surface area (Å²) in [5.41, 5.74) is 0.552. The minimum Gasteiger partial charge on any atom is -0.316 e. The normalized spacial score (nSPS) is 33.8. The maximum Gasteiger partial charge on any atom is 0.000761 e. The Bertz CT molecular complexity index is 110. The molecule has 1 heterocycles. The van der Waals surface area contributed by atoms with E-state index < -0.39 is 0 Å². The van der Waals surface area contributed by atoms with Gasteiger partial charge in [-0.1, -0.05) is 27.2 Å². The van der Waals surface area contributed by atoms with E-state index >= 15 is 0 Å². The molecule has 0 amide bonds. The molecule has 1 heteroatoms. The van der Waals surface area contributed by atoms with Crippen molar-refractivity contribution in [2.75, 3.05) is 13.1 Å². The minimum atomic E-state index is 0.552. The highest BCUT2D eigenvalue weighted by molar-refractivity contribution is 4.82. The molecule has 0 saturated carbocycles. The Balaban J connectivity index is 2.52. The Morgan fingerprint density at radius 1 is 1.27 bits per heavy atom. The zero-order valence-electron chi connectivity index (χ0n) is 8.11. The molecular weight excluding hydrogens is 134 g/mol. The molecular formula is C10H21N. The largest absolute Gasteiger partial charge is 0.316 e. The Kier molecular flexibility index (Phi) is 2.94. The van der Waals surface area contributed by atoms with Crippen LogP contribution in [-0.2, 0) is 0 Å². The quantitative estimate of drug-likeness (QED) is 0.613. The topological polar surface area (TPSA) is 12.0 Å². The van der Waals surface area contributed by atoms with Gasteiger partial charge in [0.15, 0.2) is 0 Å². The number of nitrogens with one attached hydrogen (secondary N) is 1. The highest BCUT2D eigenvalue weighted by atomic mass is 14.9. The Morgan fingerprint density at radius 3 is 2.64 bits per heavy atom. The van der Waals surface area contributed by atoms with Crippen LogP contribution in [0.15, 0.2) is 0 Å². The van der Waals surface area contributed by atoms with Crippen LogP contribution in [-0.4, -0.2) is 13.1 Å². The van der Waals surface area contributed by atoms with E-state index in [4.69, 9.17) is 0 Å². The maximum atomic E-state index is 3.52. The van der Waals surface area contributed by atoms with Gasteiger partial charge in [-0.15, -0.1) is 0 Å². The molecule has 0 aromatic carbocycles. The van der Waals surface area contributed by atoms with Crippen LogP contribution in [0.1, 0.15) is 40.0 Å². The van der Waals surface area contributed by atoms with E-state index in [0.717, 1.165) is 5.92 Å². The number of hydrogen-bond acceptors (Lipinski definition) is 1. The van der Waals surface area contributed by atoms with Crippen molar-refractivity contribution in [2.24, 2.45) is 11.3 Å². The average Bonchev–Trinajstić information content (AvgIpc) is 2.15. The molecule has 1 atom stereocenters. The van der Waals surface area contributed by atoms with Crippen molar-refractivity contribution in [2.45, 2.75) is 40.0 Å². The molecule has 0 aliphatic carbocycles. The molecule has 1 saturated heterocycles. The van der Waals surface area contributed by atoms with Gasteiger partial charge in [0.05, 0.1) is 0 Å². The van der Waals surface area contributed by atoms with Crippen molar-refractivity contribution in [3.63, 3.8) is 0 Å². The molecule has 1 nitrogen and oxygen atoms in total. The molecule has 1 aliphatic rings. The Morgan fingerprint density at radius 2 is 2.00 bits per heavy atom. The highest BCUT2D eigenvalue weighted by Crippen LogP contribution is 2.33. The lowest BCUT2D eigenvalue weighted by Crippen LogP contribution is -2.34. The second-order valence-electron chi connectivity index (χ2n) is 4.44. The van der Waals surface area contributed by atoms with Crippen molar-refractivity contribution in [3.8, 4) is 0 Å². The SMILES string of the molecule is CC(C)C1(C)CCCCNC1. The summed E-state index contributed by atoms with van der Waals surface area (Å²) in [6, 6.07) is 0.